The Kier molecular flexibility index (Phi) is 4.74. The van der Waals surface area contributed by atoms with Crippen LogP contribution in [0.15, 0.2) is 22.7 Å². The van der Waals surface area contributed by atoms with E-state index in [0.717, 1.165) is 6.42 Å². The molecule has 2 aliphatic heterocycles. The van der Waals surface area contributed by atoms with Crippen LogP contribution in [0.1, 0.15) is 51.7 Å². The van der Waals surface area contributed by atoms with Crippen molar-refractivity contribution in [2.75, 3.05) is 0 Å². The van der Waals surface area contributed by atoms with E-state index in [1.165, 1.54) is 18.2 Å². The molecule has 1 aromatic carbocycles. The van der Waals surface area contributed by atoms with E-state index in [9.17, 15) is 20.2 Å². The van der Waals surface area contributed by atoms with Gasteiger partial charge in [0, 0.05) is 6.42 Å². The lowest BCUT2D eigenvalue weighted by atomic mass is 9.49. The van der Waals surface area contributed by atoms with Gasteiger partial charge < -0.3 is 9.47 Å². The highest BCUT2D eigenvalue weighted by molar-refractivity contribution is 9.10. The fourth-order valence-corrected chi connectivity index (χ4v) is 6.00. The van der Waals surface area contributed by atoms with E-state index in [4.69, 9.17) is 14.9 Å². The standard InChI is InChI=1S/C23H22BrFN4O2/c1-20(2,3)14-6-7-23-17(9-14)22(12-28,19(29)31-23)21(10-26,11-27)18(30-23)13-4-5-16(25)15(24)8-13/h4-5,8,14,17-18,29H,6-7,9H2,1-3H3. The van der Waals surface area contributed by atoms with Crippen molar-refractivity contribution in [3.05, 3.63) is 34.1 Å². The Hall–Kier alpha value is -2.47. The molecular formula is C23H22BrFN4O2. The number of rotatable bonds is 1. The number of nitriles is 3. The molecule has 31 heavy (non-hydrogen) atoms. The molecule has 4 rings (SSSR count). The van der Waals surface area contributed by atoms with E-state index < -0.39 is 34.5 Å². The summed E-state index contributed by atoms with van der Waals surface area (Å²) < 4.78 is 26.4. The van der Waals surface area contributed by atoms with Crippen LogP contribution in [0.3, 0.4) is 0 Å². The van der Waals surface area contributed by atoms with E-state index in [0.29, 0.717) is 18.4 Å². The molecule has 8 heteroatoms. The summed E-state index contributed by atoms with van der Waals surface area (Å²) in [7, 11) is 0. The average molecular weight is 485 g/mol. The SMILES string of the molecule is CC(C)(C)C1CCC23OC(=N)C(C#N)(C2C1)C(C#N)(C#N)C(c1ccc(F)c(Br)c1)O3. The number of nitrogens with zero attached hydrogens (tertiary/aromatic N) is 3. The molecule has 0 spiro atoms. The third-order valence-corrected chi connectivity index (χ3v) is 7.99. The lowest BCUT2D eigenvalue weighted by Gasteiger charge is -2.54. The molecule has 3 aliphatic rings. The zero-order valence-corrected chi connectivity index (χ0v) is 19.1. The topological polar surface area (TPSA) is 114 Å². The second kappa shape index (κ2) is 6.76. The third kappa shape index (κ3) is 2.63. The predicted octanol–water partition coefficient (Wildman–Crippen LogP) is 5.37. The van der Waals surface area contributed by atoms with Crippen LogP contribution in [-0.2, 0) is 9.47 Å². The normalized spacial score (nSPS) is 35.8. The molecule has 5 unspecified atom stereocenters. The second-order valence-corrected chi connectivity index (χ2v) is 10.6. The Morgan fingerprint density at radius 2 is 1.87 bits per heavy atom. The Balaban J connectivity index is 1.95. The van der Waals surface area contributed by atoms with Gasteiger partial charge in [-0.3, -0.25) is 5.41 Å². The summed E-state index contributed by atoms with van der Waals surface area (Å²) in [4.78, 5) is 0. The van der Waals surface area contributed by atoms with Gasteiger partial charge in [-0.15, -0.1) is 0 Å². The van der Waals surface area contributed by atoms with Crippen molar-refractivity contribution in [2.45, 2.75) is 51.9 Å². The summed E-state index contributed by atoms with van der Waals surface area (Å²) in [5, 5.41) is 39.7. The van der Waals surface area contributed by atoms with Crippen molar-refractivity contribution in [2.24, 2.45) is 28.1 Å². The first-order chi connectivity index (χ1) is 14.5. The molecule has 160 valence electrons. The minimum Gasteiger partial charge on any atom is -0.447 e. The summed E-state index contributed by atoms with van der Waals surface area (Å²) in [6.07, 6.45) is 0.534. The summed E-state index contributed by atoms with van der Waals surface area (Å²) in [5.41, 5.74) is -3.49. The van der Waals surface area contributed by atoms with Gasteiger partial charge in [0.15, 0.2) is 5.41 Å². The third-order valence-electron chi connectivity index (χ3n) is 7.38. The summed E-state index contributed by atoms with van der Waals surface area (Å²) in [6.45, 7) is 6.35. The van der Waals surface area contributed by atoms with Crippen LogP contribution in [0.25, 0.3) is 0 Å². The molecule has 2 bridgehead atoms. The Labute approximate surface area is 189 Å². The van der Waals surface area contributed by atoms with E-state index >= 15 is 0 Å². The van der Waals surface area contributed by atoms with E-state index in [2.05, 4.69) is 42.8 Å². The number of halogens is 2. The monoisotopic (exact) mass is 484 g/mol. The molecular weight excluding hydrogens is 463 g/mol. The molecule has 1 N–H and O–H groups in total. The molecule has 6 nitrogen and oxygen atoms in total. The molecule has 0 amide bonds. The molecule has 2 saturated heterocycles. The minimum atomic E-state index is -2.03. The predicted molar refractivity (Wildman–Crippen MR) is 111 cm³/mol. The molecule has 1 aliphatic carbocycles. The van der Waals surface area contributed by atoms with Crippen LogP contribution in [0, 0.1) is 73.3 Å². The highest BCUT2D eigenvalue weighted by Crippen LogP contribution is 2.70. The molecule has 1 aromatic rings. The first-order valence-corrected chi connectivity index (χ1v) is 10.9. The first-order valence-electron chi connectivity index (χ1n) is 10.2. The van der Waals surface area contributed by atoms with Gasteiger partial charge in [0.25, 0.3) is 0 Å². The Morgan fingerprint density at radius 3 is 2.42 bits per heavy atom. The smallest absolute Gasteiger partial charge is 0.217 e. The van der Waals surface area contributed by atoms with Gasteiger partial charge >= 0.3 is 0 Å². The summed E-state index contributed by atoms with van der Waals surface area (Å²) in [6, 6.07) is 10.4. The van der Waals surface area contributed by atoms with E-state index in [1.807, 2.05) is 12.1 Å². The van der Waals surface area contributed by atoms with Gasteiger partial charge in [-0.05, 0) is 57.8 Å². The van der Waals surface area contributed by atoms with E-state index in [-0.39, 0.29) is 21.7 Å². The fraction of sp³-hybridized carbons (Fsp3) is 0.565. The van der Waals surface area contributed by atoms with Crippen LogP contribution in [0.5, 0.6) is 0 Å². The van der Waals surface area contributed by atoms with Crippen molar-refractivity contribution in [3.63, 3.8) is 0 Å². The molecule has 1 saturated carbocycles. The van der Waals surface area contributed by atoms with Gasteiger partial charge in [-0.2, -0.15) is 15.8 Å². The maximum absolute atomic E-state index is 13.9. The second-order valence-electron chi connectivity index (χ2n) is 9.76. The molecule has 0 aromatic heterocycles. The van der Waals surface area contributed by atoms with Crippen LogP contribution in [0.2, 0.25) is 0 Å². The highest BCUT2D eigenvalue weighted by atomic mass is 79.9. The Morgan fingerprint density at radius 1 is 1.19 bits per heavy atom. The lowest BCUT2D eigenvalue weighted by Crippen LogP contribution is -2.61. The molecule has 0 radical (unpaired) electrons. The lowest BCUT2D eigenvalue weighted by molar-refractivity contribution is -0.301. The molecule has 2 heterocycles. The molecule has 5 atom stereocenters. The number of hydrogen-bond acceptors (Lipinski definition) is 6. The number of benzene rings is 1. The maximum Gasteiger partial charge on any atom is 0.217 e. The zero-order valence-electron chi connectivity index (χ0n) is 17.5. The van der Waals surface area contributed by atoms with Crippen molar-refractivity contribution in [3.8, 4) is 18.2 Å². The van der Waals surface area contributed by atoms with Gasteiger partial charge in [0.2, 0.25) is 17.1 Å². The van der Waals surface area contributed by atoms with Crippen LogP contribution < -0.4 is 0 Å². The van der Waals surface area contributed by atoms with Gasteiger partial charge in [-0.25, -0.2) is 4.39 Å². The van der Waals surface area contributed by atoms with Crippen molar-refractivity contribution >= 4 is 21.8 Å². The van der Waals surface area contributed by atoms with E-state index in [1.54, 1.807) is 0 Å². The summed E-state index contributed by atoms with van der Waals surface area (Å²) >= 11 is 3.14. The first kappa shape index (κ1) is 21.8. The minimum absolute atomic E-state index is 0.0551. The quantitative estimate of drug-likeness (QED) is 0.575. The van der Waals surface area contributed by atoms with Gasteiger partial charge in [-0.1, -0.05) is 26.8 Å². The van der Waals surface area contributed by atoms with Crippen molar-refractivity contribution in [1.82, 2.24) is 0 Å². The molecule has 3 fully saturated rings. The maximum atomic E-state index is 13.9. The van der Waals surface area contributed by atoms with Crippen LogP contribution in [-0.4, -0.2) is 11.7 Å². The summed E-state index contributed by atoms with van der Waals surface area (Å²) in [5.74, 6) is -2.57. The van der Waals surface area contributed by atoms with Crippen LogP contribution >= 0.6 is 15.9 Å². The number of nitrogens with one attached hydrogen (secondary N) is 1. The largest absolute Gasteiger partial charge is 0.447 e. The van der Waals surface area contributed by atoms with Gasteiger partial charge in [0.05, 0.1) is 28.6 Å². The zero-order chi connectivity index (χ0) is 22.8. The number of hydrogen-bond donors (Lipinski definition) is 1. The highest BCUT2D eigenvalue weighted by Gasteiger charge is 2.81. The van der Waals surface area contributed by atoms with Gasteiger partial charge in [0.1, 0.15) is 11.9 Å². The Bertz CT molecular complexity index is 1080. The number of ether oxygens (including phenoxy) is 2. The van der Waals surface area contributed by atoms with Crippen molar-refractivity contribution in [1.29, 1.82) is 21.2 Å². The fourth-order valence-electron chi connectivity index (χ4n) is 5.60. The average Bonchev–Trinajstić information content (AvgIpc) is 2.93. The van der Waals surface area contributed by atoms with Crippen molar-refractivity contribution < 1.29 is 13.9 Å². The van der Waals surface area contributed by atoms with Crippen LogP contribution in [0.4, 0.5) is 4.39 Å².